The third-order valence-electron chi connectivity index (χ3n) is 3.97. The summed E-state index contributed by atoms with van der Waals surface area (Å²) in [6, 6.07) is 8.40. The Morgan fingerprint density at radius 1 is 1.39 bits per heavy atom. The molecule has 1 aromatic carbocycles. The molecular formula is C16H20N4O2S. The van der Waals surface area contributed by atoms with E-state index in [9.17, 15) is 4.79 Å². The zero-order chi connectivity index (χ0) is 16.2. The third-order valence-corrected chi connectivity index (χ3v) is 4.96. The van der Waals surface area contributed by atoms with Gasteiger partial charge in [-0.3, -0.25) is 15.0 Å². The molecule has 0 saturated heterocycles. The highest BCUT2D eigenvalue weighted by atomic mass is 32.1. The van der Waals surface area contributed by atoms with E-state index in [1.165, 1.54) is 22.5 Å². The van der Waals surface area contributed by atoms with Gasteiger partial charge in [0.25, 0.3) is 0 Å². The number of anilines is 1. The Hall–Kier alpha value is -1.83. The van der Waals surface area contributed by atoms with E-state index in [0.29, 0.717) is 11.7 Å². The molecule has 1 N–H and O–H groups in total. The number of hydrogen-bond donors (Lipinski definition) is 1. The lowest BCUT2D eigenvalue weighted by molar-refractivity contribution is -0.117. The van der Waals surface area contributed by atoms with Crippen molar-refractivity contribution in [2.75, 3.05) is 25.5 Å². The van der Waals surface area contributed by atoms with Crippen molar-refractivity contribution >= 4 is 22.4 Å². The number of aromatic nitrogens is 2. The Bertz CT molecular complexity index is 688. The first-order valence-electron chi connectivity index (χ1n) is 7.61. The van der Waals surface area contributed by atoms with E-state index in [2.05, 4.69) is 38.6 Å². The Morgan fingerprint density at radius 3 is 2.96 bits per heavy atom. The minimum atomic E-state index is -0.114. The van der Waals surface area contributed by atoms with Crippen LogP contribution < -0.4 is 5.32 Å². The Labute approximate surface area is 139 Å². The second-order valence-corrected chi connectivity index (χ2v) is 6.61. The van der Waals surface area contributed by atoms with Gasteiger partial charge in [0.05, 0.1) is 6.54 Å². The van der Waals surface area contributed by atoms with Crippen molar-refractivity contribution in [3.05, 3.63) is 40.4 Å². The van der Waals surface area contributed by atoms with Crippen molar-refractivity contribution in [3.63, 3.8) is 0 Å². The molecule has 122 valence electrons. The maximum absolute atomic E-state index is 12.2. The number of carbonyl (C=O) groups is 1. The van der Waals surface area contributed by atoms with Gasteiger partial charge in [0.1, 0.15) is 11.1 Å². The minimum absolute atomic E-state index is 0.0582. The molecule has 1 aromatic heterocycles. The first kappa shape index (κ1) is 16.0. The van der Waals surface area contributed by atoms with Crippen LogP contribution in [0.15, 0.2) is 24.3 Å². The molecule has 23 heavy (non-hydrogen) atoms. The molecule has 2 heterocycles. The van der Waals surface area contributed by atoms with E-state index >= 15 is 0 Å². The molecule has 2 aromatic rings. The fourth-order valence-corrected chi connectivity index (χ4v) is 3.39. The van der Waals surface area contributed by atoms with Crippen molar-refractivity contribution in [3.8, 4) is 0 Å². The number of nitrogens with one attached hydrogen (secondary N) is 1. The van der Waals surface area contributed by atoms with E-state index in [4.69, 9.17) is 4.74 Å². The van der Waals surface area contributed by atoms with E-state index in [-0.39, 0.29) is 12.0 Å². The van der Waals surface area contributed by atoms with Gasteiger partial charge in [0.15, 0.2) is 0 Å². The van der Waals surface area contributed by atoms with Gasteiger partial charge in [-0.15, -0.1) is 10.2 Å². The number of rotatable bonds is 5. The minimum Gasteiger partial charge on any atom is -0.374 e. The predicted molar refractivity (Wildman–Crippen MR) is 89.4 cm³/mol. The second kappa shape index (κ2) is 7.16. The lowest BCUT2D eigenvalue weighted by Crippen LogP contribution is -2.37. The van der Waals surface area contributed by atoms with E-state index in [1.807, 2.05) is 13.0 Å². The predicted octanol–water partition coefficient (Wildman–Crippen LogP) is 2.24. The summed E-state index contributed by atoms with van der Waals surface area (Å²) in [5, 5.41) is 12.1. The summed E-state index contributed by atoms with van der Waals surface area (Å²) in [5.74, 6) is -0.0582. The number of methoxy groups -OCH3 is 1. The first-order valence-corrected chi connectivity index (χ1v) is 8.42. The Morgan fingerprint density at radius 2 is 2.17 bits per heavy atom. The summed E-state index contributed by atoms with van der Waals surface area (Å²) < 4.78 is 5.20. The average Bonchev–Trinajstić information content (AvgIpc) is 3.02. The number of benzene rings is 1. The fourth-order valence-electron chi connectivity index (χ4n) is 2.60. The number of fused-ring (bicyclic) bond motifs is 1. The van der Waals surface area contributed by atoms with Gasteiger partial charge >= 0.3 is 0 Å². The number of hydrogen-bond acceptors (Lipinski definition) is 6. The van der Waals surface area contributed by atoms with Gasteiger partial charge in [-0.2, -0.15) is 0 Å². The van der Waals surface area contributed by atoms with Gasteiger partial charge < -0.3 is 4.74 Å². The molecule has 1 aliphatic rings. The van der Waals surface area contributed by atoms with Crippen LogP contribution in [0.5, 0.6) is 0 Å². The average molecular weight is 332 g/mol. The lowest BCUT2D eigenvalue weighted by atomic mass is 10.00. The monoisotopic (exact) mass is 332 g/mol. The highest BCUT2D eigenvalue weighted by Crippen LogP contribution is 2.23. The van der Waals surface area contributed by atoms with Gasteiger partial charge in [-0.25, -0.2) is 0 Å². The second-order valence-electron chi connectivity index (χ2n) is 5.60. The van der Waals surface area contributed by atoms with Crippen LogP contribution in [0.2, 0.25) is 0 Å². The Balaban J connectivity index is 1.55. The van der Waals surface area contributed by atoms with Gasteiger partial charge in [-0.1, -0.05) is 35.6 Å². The normalized spacial score (nSPS) is 15.9. The quantitative estimate of drug-likeness (QED) is 0.909. The summed E-state index contributed by atoms with van der Waals surface area (Å²) in [7, 11) is 1.62. The highest BCUT2D eigenvalue weighted by molar-refractivity contribution is 7.15. The molecule has 7 heteroatoms. The van der Waals surface area contributed by atoms with Crippen LogP contribution in [0, 0.1) is 0 Å². The van der Waals surface area contributed by atoms with Crippen LogP contribution in [0.4, 0.5) is 5.13 Å². The fraction of sp³-hybridized carbons (Fsp3) is 0.438. The first-order chi connectivity index (χ1) is 11.2. The van der Waals surface area contributed by atoms with Crippen molar-refractivity contribution in [2.45, 2.75) is 26.0 Å². The SMILES string of the molecule is COC(C)c1nnc(NC(=O)CN2CCc3ccccc3C2)s1. The summed E-state index contributed by atoms with van der Waals surface area (Å²) >= 11 is 1.35. The molecule has 1 atom stereocenters. The molecular weight excluding hydrogens is 312 g/mol. The summed E-state index contributed by atoms with van der Waals surface area (Å²) in [6.45, 7) is 3.97. The van der Waals surface area contributed by atoms with Crippen LogP contribution in [0.25, 0.3) is 0 Å². The van der Waals surface area contributed by atoms with Crippen molar-refractivity contribution in [1.82, 2.24) is 15.1 Å². The summed E-state index contributed by atoms with van der Waals surface area (Å²) in [6.07, 6.45) is 0.870. The van der Waals surface area contributed by atoms with Crippen LogP contribution in [0.3, 0.4) is 0 Å². The zero-order valence-electron chi connectivity index (χ0n) is 13.3. The molecule has 0 spiro atoms. The third kappa shape index (κ3) is 3.93. The smallest absolute Gasteiger partial charge is 0.240 e. The van der Waals surface area contributed by atoms with Crippen LogP contribution in [-0.4, -0.2) is 41.2 Å². The molecule has 0 aliphatic carbocycles. The zero-order valence-corrected chi connectivity index (χ0v) is 14.1. The molecule has 1 amide bonds. The van der Waals surface area contributed by atoms with Gasteiger partial charge in [0, 0.05) is 20.2 Å². The molecule has 0 bridgehead atoms. The van der Waals surface area contributed by atoms with E-state index in [1.54, 1.807) is 7.11 Å². The number of carbonyl (C=O) groups excluding carboxylic acids is 1. The topological polar surface area (TPSA) is 67.4 Å². The van der Waals surface area contributed by atoms with Crippen molar-refractivity contribution in [2.24, 2.45) is 0 Å². The molecule has 0 fully saturated rings. The lowest BCUT2D eigenvalue weighted by Gasteiger charge is -2.27. The maximum atomic E-state index is 12.2. The van der Waals surface area contributed by atoms with Crippen molar-refractivity contribution < 1.29 is 9.53 Å². The van der Waals surface area contributed by atoms with Crippen LogP contribution >= 0.6 is 11.3 Å². The number of amides is 1. The molecule has 3 rings (SSSR count). The molecule has 0 radical (unpaired) electrons. The molecule has 0 saturated carbocycles. The maximum Gasteiger partial charge on any atom is 0.240 e. The largest absolute Gasteiger partial charge is 0.374 e. The highest BCUT2D eigenvalue weighted by Gasteiger charge is 2.19. The summed E-state index contributed by atoms with van der Waals surface area (Å²) in [4.78, 5) is 14.3. The molecule has 1 unspecified atom stereocenters. The van der Waals surface area contributed by atoms with E-state index in [0.717, 1.165) is 24.5 Å². The number of ether oxygens (including phenoxy) is 1. The van der Waals surface area contributed by atoms with Crippen LogP contribution in [-0.2, 0) is 22.5 Å². The van der Waals surface area contributed by atoms with Crippen LogP contribution in [0.1, 0.15) is 29.2 Å². The van der Waals surface area contributed by atoms with Gasteiger partial charge in [-0.05, 0) is 24.5 Å². The standard InChI is InChI=1S/C16H20N4O2S/c1-11(22-2)15-18-19-16(23-15)17-14(21)10-20-8-7-12-5-3-4-6-13(12)9-20/h3-6,11H,7-10H2,1-2H3,(H,17,19,21). The molecule has 1 aliphatic heterocycles. The molecule has 6 nitrogen and oxygen atoms in total. The number of nitrogens with zero attached hydrogens (tertiary/aromatic N) is 3. The van der Waals surface area contributed by atoms with Gasteiger partial charge in [0.2, 0.25) is 11.0 Å². The van der Waals surface area contributed by atoms with E-state index < -0.39 is 0 Å². The summed E-state index contributed by atoms with van der Waals surface area (Å²) in [5.41, 5.74) is 2.69. The van der Waals surface area contributed by atoms with Crippen molar-refractivity contribution in [1.29, 1.82) is 0 Å². The Kier molecular flexibility index (Phi) is 5.00.